The SMILES string of the molecule is N#Cc1cc[n+](C(c2ccccc2)c2ccccc2)cc1.[Br-]. The third kappa shape index (κ3) is 3.41. The molecular formula is C19H15BrN2. The molecule has 0 saturated carbocycles. The van der Waals surface area contributed by atoms with Crippen LogP contribution < -0.4 is 21.5 Å². The first kappa shape index (κ1) is 15.9. The highest BCUT2D eigenvalue weighted by Crippen LogP contribution is 2.21. The van der Waals surface area contributed by atoms with E-state index in [0.717, 1.165) is 0 Å². The molecule has 0 aliphatic rings. The van der Waals surface area contributed by atoms with E-state index in [1.54, 1.807) is 0 Å². The van der Waals surface area contributed by atoms with Gasteiger partial charge >= 0.3 is 0 Å². The van der Waals surface area contributed by atoms with Gasteiger partial charge in [0, 0.05) is 23.3 Å². The van der Waals surface area contributed by atoms with Crippen LogP contribution in [0, 0.1) is 11.3 Å². The topological polar surface area (TPSA) is 27.7 Å². The Morgan fingerprint density at radius 3 is 1.59 bits per heavy atom. The maximum atomic E-state index is 8.94. The van der Waals surface area contributed by atoms with E-state index in [0.29, 0.717) is 5.56 Å². The van der Waals surface area contributed by atoms with Crippen LogP contribution in [0.25, 0.3) is 0 Å². The van der Waals surface area contributed by atoms with E-state index >= 15 is 0 Å². The van der Waals surface area contributed by atoms with Gasteiger partial charge in [-0.3, -0.25) is 0 Å². The highest BCUT2D eigenvalue weighted by molar-refractivity contribution is 5.30. The molecule has 3 rings (SSSR count). The minimum Gasteiger partial charge on any atom is -1.00 e. The molecule has 0 aliphatic carbocycles. The smallest absolute Gasteiger partial charge is 0.208 e. The highest BCUT2D eigenvalue weighted by Gasteiger charge is 2.22. The molecule has 2 nitrogen and oxygen atoms in total. The number of rotatable bonds is 3. The fraction of sp³-hybridized carbons (Fsp3) is 0.0526. The molecule has 0 aliphatic heterocycles. The molecule has 0 unspecified atom stereocenters. The van der Waals surface area contributed by atoms with Gasteiger partial charge in [0.1, 0.15) is 0 Å². The lowest BCUT2D eigenvalue weighted by Crippen LogP contribution is -3.00. The second-order valence-corrected chi connectivity index (χ2v) is 4.87. The molecule has 108 valence electrons. The first-order valence-corrected chi connectivity index (χ1v) is 6.89. The molecular weight excluding hydrogens is 336 g/mol. The zero-order chi connectivity index (χ0) is 14.5. The number of hydrogen-bond donors (Lipinski definition) is 0. The molecule has 22 heavy (non-hydrogen) atoms. The van der Waals surface area contributed by atoms with Gasteiger partial charge < -0.3 is 17.0 Å². The summed E-state index contributed by atoms with van der Waals surface area (Å²) in [7, 11) is 0. The minimum absolute atomic E-state index is 0. The van der Waals surface area contributed by atoms with Crippen LogP contribution in [-0.4, -0.2) is 0 Å². The van der Waals surface area contributed by atoms with Crippen LogP contribution in [0.5, 0.6) is 0 Å². The Morgan fingerprint density at radius 1 is 0.727 bits per heavy atom. The Balaban J connectivity index is 0.00000176. The van der Waals surface area contributed by atoms with E-state index < -0.39 is 0 Å². The van der Waals surface area contributed by atoms with Crippen LogP contribution in [0.15, 0.2) is 85.2 Å². The van der Waals surface area contributed by atoms with Crippen molar-refractivity contribution in [3.8, 4) is 6.07 Å². The summed E-state index contributed by atoms with van der Waals surface area (Å²) in [6, 6.07) is 26.7. The maximum absolute atomic E-state index is 8.94. The Labute approximate surface area is 141 Å². The van der Waals surface area contributed by atoms with Crippen molar-refractivity contribution in [1.82, 2.24) is 0 Å². The number of hydrogen-bond acceptors (Lipinski definition) is 1. The van der Waals surface area contributed by atoms with E-state index in [2.05, 4.69) is 59.2 Å². The molecule has 3 heteroatoms. The third-order valence-electron chi connectivity index (χ3n) is 3.51. The number of halogens is 1. The molecule has 0 saturated heterocycles. The van der Waals surface area contributed by atoms with Crippen LogP contribution in [-0.2, 0) is 0 Å². The van der Waals surface area contributed by atoms with Gasteiger partial charge in [0.2, 0.25) is 6.04 Å². The van der Waals surface area contributed by atoms with Crippen molar-refractivity contribution < 1.29 is 21.5 Å². The average Bonchev–Trinajstić information content (AvgIpc) is 2.58. The predicted octanol–water partition coefficient (Wildman–Crippen LogP) is 0.487. The molecule has 0 spiro atoms. The summed E-state index contributed by atoms with van der Waals surface area (Å²) in [6.07, 6.45) is 3.92. The third-order valence-corrected chi connectivity index (χ3v) is 3.51. The van der Waals surface area contributed by atoms with Gasteiger partial charge in [-0.05, 0) is 0 Å². The largest absolute Gasteiger partial charge is 1.00 e. The summed E-state index contributed by atoms with van der Waals surface area (Å²) >= 11 is 0. The fourth-order valence-electron chi connectivity index (χ4n) is 2.49. The average molecular weight is 351 g/mol. The Morgan fingerprint density at radius 2 is 1.18 bits per heavy atom. The molecule has 1 heterocycles. The summed E-state index contributed by atoms with van der Waals surface area (Å²) in [4.78, 5) is 0. The predicted molar refractivity (Wildman–Crippen MR) is 81.5 cm³/mol. The van der Waals surface area contributed by atoms with Crippen molar-refractivity contribution in [2.45, 2.75) is 6.04 Å². The molecule has 3 aromatic rings. The minimum atomic E-state index is 0. The molecule has 1 aromatic heterocycles. The van der Waals surface area contributed by atoms with Gasteiger partial charge in [0.25, 0.3) is 0 Å². The normalized spacial score (nSPS) is 9.82. The second kappa shape index (κ2) is 7.53. The summed E-state index contributed by atoms with van der Waals surface area (Å²) in [5, 5.41) is 8.94. The molecule has 2 aromatic carbocycles. The van der Waals surface area contributed by atoms with Gasteiger partial charge in [0.15, 0.2) is 12.4 Å². The van der Waals surface area contributed by atoms with Crippen molar-refractivity contribution in [3.63, 3.8) is 0 Å². The van der Waals surface area contributed by atoms with E-state index in [1.165, 1.54) is 11.1 Å². The number of benzene rings is 2. The quantitative estimate of drug-likeness (QED) is 0.631. The molecule has 0 radical (unpaired) electrons. The van der Waals surface area contributed by atoms with Crippen molar-refractivity contribution >= 4 is 0 Å². The van der Waals surface area contributed by atoms with Crippen molar-refractivity contribution in [2.75, 3.05) is 0 Å². The molecule has 0 fully saturated rings. The Hall–Kier alpha value is -2.44. The molecule has 0 atom stereocenters. The second-order valence-electron chi connectivity index (χ2n) is 4.87. The lowest BCUT2D eigenvalue weighted by Gasteiger charge is -2.13. The summed E-state index contributed by atoms with van der Waals surface area (Å²) < 4.78 is 2.13. The van der Waals surface area contributed by atoms with E-state index in [4.69, 9.17) is 5.26 Å². The lowest BCUT2D eigenvalue weighted by atomic mass is 9.98. The van der Waals surface area contributed by atoms with Crippen LogP contribution in [0.3, 0.4) is 0 Å². The van der Waals surface area contributed by atoms with Gasteiger partial charge in [-0.2, -0.15) is 9.83 Å². The van der Waals surface area contributed by atoms with E-state index in [9.17, 15) is 0 Å². The first-order chi connectivity index (χ1) is 10.4. The Bertz CT molecular complexity index is 707. The number of nitrogens with zero attached hydrogens (tertiary/aromatic N) is 2. The standard InChI is InChI=1S/C19H15N2.BrH/c20-15-16-11-13-21(14-12-16)19(17-7-3-1-4-8-17)18-9-5-2-6-10-18;/h1-14,19H;1H/q+1;/p-1. The van der Waals surface area contributed by atoms with E-state index in [1.807, 2.05) is 36.7 Å². The molecule has 0 amide bonds. The van der Waals surface area contributed by atoms with Gasteiger partial charge in [-0.1, -0.05) is 60.7 Å². The number of pyridine rings is 1. The molecule has 0 bridgehead atoms. The molecule has 0 N–H and O–H groups in total. The van der Waals surface area contributed by atoms with Gasteiger partial charge in [0.05, 0.1) is 11.6 Å². The highest BCUT2D eigenvalue weighted by atomic mass is 79.9. The summed E-state index contributed by atoms with van der Waals surface area (Å²) in [5.41, 5.74) is 3.11. The van der Waals surface area contributed by atoms with Crippen molar-refractivity contribution in [2.24, 2.45) is 0 Å². The van der Waals surface area contributed by atoms with Crippen molar-refractivity contribution in [3.05, 3.63) is 102 Å². The number of nitriles is 1. The van der Waals surface area contributed by atoms with Crippen LogP contribution in [0.2, 0.25) is 0 Å². The number of aromatic nitrogens is 1. The fourth-order valence-corrected chi connectivity index (χ4v) is 2.49. The maximum Gasteiger partial charge on any atom is 0.208 e. The van der Waals surface area contributed by atoms with E-state index in [-0.39, 0.29) is 23.0 Å². The monoisotopic (exact) mass is 350 g/mol. The zero-order valence-electron chi connectivity index (χ0n) is 11.9. The Kier molecular flexibility index (Phi) is 5.46. The summed E-state index contributed by atoms with van der Waals surface area (Å²) in [5.74, 6) is 0. The van der Waals surface area contributed by atoms with Crippen LogP contribution >= 0.6 is 0 Å². The van der Waals surface area contributed by atoms with Crippen LogP contribution in [0.1, 0.15) is 22.7 Å². The van der Waals surface area contributed by atoms with Crippen LogP contribution in [0.4, 0.5) is 0 Å². The lowest BCUT2D eigenvalue weighted by molar-refractivity contribution is -0.704. The summed E-state index contributed by atoms with van der Waals surface area (Å²) in [6.45, 7) is 0. The van der Waals surface area contributed by atoms with Crippen molar-refractivity contribution in [1.29, 1.82) is 5.26 Å². The van der Waals surface area contributed by atoms with Gasteiger partial charge in [-0.25, -0.2) is 0 Å². The zero-order valence-corrected chi connectivity index (χ0v) is 13.5. The first-order valence-electron chi connectivity index (χ1n) is 6.89. The van der Waals surface area contributed by atoms with Gasteiger partial charge in [-0.15, -0.1) is 0 Å².